The molecule has 0 aliphatic carbocycles. The molecule has 0 saturated carbocycles. The lowest BCUT2D eigenvalue weighted by Crippen LogP contribution is -2.29. The van der Waals surface area contributed by atoms with Crippen LogP contribution in [0.3, 0.4) is 0 Å². The third-order valence-electron chi connectivity index (χ3n) is 3.02. The van der Waals surface area contributed by atoms with E-state index in [1.807, 2.05) is 0 Å². The van der Waals surface area contributed by atoms with Gasteiger partial charge in [-0.2, -0.15) is 0 Å². The molecule has 17 heavy (non-hydrogen) atoms. The number of hydrogen-bond acceptors (Lipinski definition) is 2. The fourth-order valence-corrected chi connectivity index (χ4v) is 2.21. The molecule has 1 aliphatic heterocycles. The summed E-state index contributed by atoms with van der Waals surface area (Å²) in [5.74, 6) is 6.88. The minimum absolute atomic E-state index is 0.476. The Labute approximate surface area is 112 Å². The number of pyridine rings is 1. The molecular formula is C13H15ClN2S. The molecule has 1 aromatic rings. The monoisotopic (exact) mass is 266 g/mol. The van der Waals surface area contributed by atoms with Gasteiger partial charge < -0.3 is 9.88 Å². The summed E-state index contributed by atoms with van der Waals surface area (Å²) >= 11 is 11.2. The number of aromatic amines is 1. The maximum absolute atomic E-state index is 6.09. The van der Waals surface area contributed by atoms with Crippen LogP contribution >= 0.6 is 23.8 Å². The van der Waals surface area contributed by atoms with Gasteiger partial charge in [-0.25, -0.2) is 0 Å². The Morgan fingerprint density at radius 2 is 2.18 bits per heavy atom. The summed E-state index contributed by atoms with van der Waals surface area (Å²) in [7, 11) is 2.15. The molecule has 2 nitrogen and oxygen atoms in total. The van der Waals surface area contributed by atoms with Crippen LogP contribution in [0.4, 0.5) is 0 Å². The molecule has 1 aliphatic rings. The fourth-order valence-electron chi connectivity index (χ4n) is 1.88. The van der Waals surface area contributed by atoms with Crippen molar-refractivity contribution >= 4 is 23.8 Å². The molecule has 2 rings (SSSR count). The Morgan fingerprint density at radius 1 is 1.47 bits per heavy atom. The summed E-state index contributed by atoms with van der Waals surface area (Å²) < 4.78 is 0.651. The van der Waals surface area contributed by atoms with Gasteiger partial charge >= 0.3 is 0 Å². The van der Waals surface area contributed by atoms with Crippen molar-refractivity contribution in [2.24, 2.45) is 5.92 Å². The average Bonchev–Trinajstić information content (AvgIpc) is 2.33. The lowest BCUT2D eigenvalue weighted by Gasteiger charge is -2.25. The summed E-state index contributed by atoms with van der Waals surface area (Å²) in [4.78, 5) is 5.38. The van der Waals surface area contributed by atoms with Crippen molar-refractivity contribution in [2.75, 3.05) is 20.1 Å². The van der Waals surface area contributed by atoms with E-state index in [-0.39, 0.29) is 0 Å². The molecule has 0 amide bonds. The van der Waals surface area contributed by atoms with Gasteiger partial charge in [-0.1, -0.05) is 29.7 Å². The molecule has 1 aromatic heterocycles. The van der Waals surface area contributed by atoms with Gasteiger partial charge in [-0.3, -0.25) is 0 Å². The first kappa shape index (κ1) is 12.6. The smallest absolute Gasteiger partial charge is 0.110 e. The van der Waals surface area contributed by atoms with Gasteiger partial charge in [0.1, 0.15) is 5.69 Å². The Balaban J connectivity index is 2.11. The molecule has 0 unspecified atom stereocenters. The first-order valence-electron chi connectivity index (χ1n) is 5.74. The van der Waals surface area contributed by atoms with Crippen molar-refractivity contribution < 1.29 is 0 Å². The van der Waals surface area contributed by atoms with Gasteiger partial charge in [0, 0.05) is 12.1 Å². The van der Waals surface area contributed by atoms with E-state index in [4.69, 9.17) is 23.8 Å². The van der Waals surface area contributed by atoms with Crippen molar-refractivity contribution in [1.82, 2.24) is 9.88 Å². The average molecular weight is 267 g/mol. The summed E-state index contributed by atoms with van der Waals surface area (Å²) in [6.45, 7) is 2.25. The zero-order valence-corrected chi connectivity index (χ0v) is 11.4. The number of aromatic nitrogens is 1. The zero-order chi connectivity index (χ0) is 12.3. The topological polar surface area (TPSA) is 19.0 Å². The second-order valence-electron chi connectivity index (χ2n) is 4.38. The van der Waals surface area contributed by atoms with Crippen LogP contribution in [0.25, 0.3) is 0 Å². The van der Waals surface area contributed by atoms with Gasteiger partial charge in [0.15, 0.2) is 0 Å². The molecular weight excluding hydrogens is 252 g/mol. The van der Waals surface area contributed by atoms with Crippen LogP contribution < -0.4 is 0 Å². The van der Waals surface area contributed by atoms with Crippen molar-refractivity contribution in [3.8, 4) is 11.8 Å². The number of halogens is 1. The Kier molecular flexibility index (Phi) is 4.22. The molecule has 1 fully saturated rings. The zero-order valence-electron chi connectivity index (χ0n) is 9.79. The highest BCUT2D eigenvalue weighted by atomic mass is 35.5. The maximum Gasteiger partial charge on any atom is 0.110 e. The van der Waals surface area contributed by atoms with E-state index in [2.05, 4.69) is 28.8 Å². The maximum atomic E-state index is 6.09. The van der Waals surface area contributed by atoms with Crippen LogP contribution in [0.5, 0.6) is 0 Å². The molecule has 0 spiro atoms. The largest absolute Gasteiger partial charge is 0.354 e. The van der Waals surface area contributed by atoms with E-state index in [1.54, 1.807) is 12.3 Å². The molecule has 1 saturated heterocycles. The second kappa shape index (κ2) is 5.68. The van der Waals surface area contributed by atoms with Crippen molar-refractivity contribution in [2.45, 2.75) is 12.8 Å². The van der Waals surface area contributed by atoms with E-state index in [0.29, 0.717) is 15.5 Å². The Morgan fingerprint density at radius 3 is 2.88 bits per heavy atom. The highest BCUT2D eigenvalue weighted by Gasteiger charge is 2.14. The quantitative estimate of drug-likeness (QED) is 0.575. The van der Waals surface area contributed by atoms with Crippen LogP contribution in [-0.2, 0) is 0 Å². The van der Waals surface area contributed by atoms with E-state index < -0.39 is 0 Å². The molecule has 0 aromatic carbocycles. The Hall–Kier alpha value is -0.820. The van der Waals surface area contributed by atoms with Crippen LogP contribution in [0.15, 0.2) is 12.3 Å². The van der Waals surface area contributed by atoms with Crippen LogP contribution in [0.1, 0.15) is 18.5 Å². The lowest BCUT2D eigenvalue weighted by molar-refractivity contribution is 0.248. The minimum atomic E-state index is 0.476. The summed E-state index contributed by atoms with van der Waals surface area (Å²) in [6, 6.07) is 1.78. The number of nitrogens with zero attached hydrogens (tertiary/aromatic N) is 1. The van der Waals surface area contributed by atoms with Crippen LogP contribution in [0.2, 0.25) is 5.02 Å². The lowest BCUT2D eigenvalue weighted by atomic mass is 9.98. The molecule has 0 radical (unpaired) electrons. The molecule has 0 bridgehead atoms. The number of nitrogens with one attached hydrogen (secondary N) is 1. The molecule has 0 atom stereocenters. The summed E-state index contributed by atoms with van der Waals surface area (Å²) in [6.07, 6.45) is 4.05. The third-order valence-corrected chi connectivity index (χ3v) is 3.86. The first-order chi connectivity index (χ1) is 8.16. The number of hydrogen-bond donors (Lipinski definition) is 1. The number of likely N-dealkylation sites (tertiary alicyclic amines) is 1. The van der Waals surface area contributed by atoms with Crippen molar-refractivity contribution in [3.63, 3.8) is 0 Å². The predicted molar refractivity (Wildman–Crippen MR) is 73.7 cm³/mol. The van der Waals surface area contributed by atoms with Gasteiger partial charge in [-0.05, 0) is 45.0 Å². The van der Waals surface area contributed by atoms with Gasteiger partial charge in [-0.15, -0.1) is 0 Å². The highest BCUT2D eigenvalue weighted by Crippen LogP contribution is 2.17. The summed E-state index contributed by atoms with van der Waals surface area (Å²) in [5.41, 5.74) is 0.734. The normalized spacial score (nSPS) is 17.5. The van der Waals surface area contributed by atoms with E-state index >= 15 is 0 Å². The van der Waals surface area contributed by atoms with E-state index in [9.17, 15) is 0 Å². The minimum Gasteiger partial charge on any atom is -0.354 e. The summed E-state index contributed by atoms with van der Waals surface area (Å²) in [5, 5.41) is 0.558. The highest BCUT2D eigenvalue weighted by molar-refractivity contribution is 7.71. The van der Waals surface area contributed by atoms with Crippen LogP contribution in [-0.4, -0.2) is 30.0 Å². The standard InChI is InChI=1S/C13H15ClN2S/c1-16-8-5-10(6-9-16)2-3-11-13(14)12(17)4-7-15-11/h4,7,10H,5-6,8-9H2,1H3,(H,15,17). The van der Waals surface area contributed by atoms with Gasteiger partial charge in [0.2, 0.25) is 0 Å². The van der Waals surface area contributed by atoms with Gasteiger partial charge in [0.05, 0.1) is 9.53 Å². The van der Waals surface area contributed by atoms with Gasteiger partial charge in [0.25, 0.3) is 0 Å². The first-order valence-corrected chi connectivity index (χ1v) is 6.52. The molecule has 1 N–H and O–H groups in total. The van der Waals surface area contributed by atoms with Crippen molar-refractivity contribution in [3.05, 3.63) is 27.5 Å². The third kappa shape index (κ3) is 3.32. The molecule has 4 heteroatoms. The number of piperidine rings is 1. The van der Waals surface area contributed by atoms with E-state index in [0.717, 1.165) is 31.6 Å². The predicted octanol–water partition coefficient (Wildman–Crippen LogP) is 3.09. The number of H-pyrrole nitrogens is 1. The van der Waals surface area contributed by atoms with E-state index in [1.165, 1.54) is 0 Å². The molecule has 2 heterocycles. The van der Waals surface area contributed by atoms with Crippen LogP contribution in [0, 0.1) is 22.3 Å². The van der Waals surface area contributed by atoms with Crippen molar-refractivity contribution in [1.29, 1.82) is 0 Å². The Bertz CT molecular complexity index is 504. The SMILES string of the molecule is CN1CCC(C#Cc2[nH]ccc(=S)c2Cl)CC1. The molecule has 90 valence electrons. The second-order valence-corrected chi connectivity index (χ2v) is 5.20. The number of rotatable bonds is 0. The fraction of sp³-hybridized carbons (Fsp3) is 0.462.